The van der Waals surface area contributed by atoms with E-state index in [0.717, 1.165) is 40.4 Å². The highest BCUT2D eigenvalue weighted by Gasteiger charge is 2.12. The number of benzene rings is 1. The first kappa shape index (κ1) is 16.4. The van der Waals surface area contributed by atoms with E-state index >= 15 is 0 Å². The van der Waals surface area contributed by atoms with Crippen LogP contribution in [0.4, 0.5) is 11.5 Å². The van der Waals surface area contributed by atoms with Gasteiger partial charge < -0.3 is 10.1 Å². The van der Waals surface area contributed by atoms with E-state index in [1.807, 2.05) is 19.1 Å². The van der Waals surface area contributed by atoms with Crippen LogP contribution in [0.25, 0.3) is 10.2 Å². The molecule has 3 rings (SSSR count). The number of fused-ring (bicyclic) bond motifs is 1. The minimum absolute atomic E-state index is 0.357. The fraction of sp³-hybridized carbons (Fsp3) is 0.278. The number of nitrogens with zero attached hydrogens (tertiary/aromatic N) is 2. The molecule has 0 aliphatic carbocycles. The van der Waals surface area contributed by atoms with E-state index < -0.39 is 0 Å². The summed E-state index contributed by atoms with van der Waals surface area (Å²) < 4.78 is 4.78. The lowest BCUT2D eigenvalue weighted by Crippen LogP contribution is -2.03. The van der Waals surface area contributed by atoms with E-state index in [2.05, 4.69) is 28.3 Å². The molecule has 0 spiro atoms. The second-order valence-corrected chi connectivity index (χ2v) is 6.44. The Bertz CT molecular complexity index is 889. The Kier molecular flexibility index (Phi) is 4.76. The Morgan fingerprint density at radius 3 is 2.75 bits per heavy atom. The molecule has 1 N–H and O–H groups in total. The molecule has 0 amide bonds. The van der Waals surface area contributed by atoms with Crippen LogP contribution in [0, 0.1) is 0 Å². The van der Waals surface area contributed by atoms with E-state index in [0.29, 0.717) is 5.56 Å². The van der Waals surface area contributed by atoms with Crippen LogP contribution in [0.5, 0.6) is 0 Å². The van der Waals surface area contributed by atoms with Crippen molar-refractivity contribution in [1.82, 2.24) is 9.97 Å². The van der Waals surface area contributed by atoms with Crippen molar-refractivity contribution in [2.75, 3.05) is 12.4 Å². The van der Waals surface area contributed by atoms with Crippen molar-refractivity contribution in [1.29, 1.82) is 0 Å². The third-order valence-corrected chi connectivity index (χ3v) is 4.87. The number of nitrogens with one attached hydrogen (secondary N) is 1. The lowest BCUT2D eigenvalue weighted by Gasteiger charge is -2.09. The van der Waals surface area contributed by atoms with Gasteiger partial charge in [-0.15, -0.1) is 11.3 Å². The molecule has 0 saturated carbocycles. The monoisotopic (exact) mass is 341 g/mol. The Balaban J connectivity index is 2.03. The summed E-state index contributed by atoms with van der Waals surface area (Å²) in [7, 11) is 1.38. The first-order valence-electron chi connectivity index (χ1n) is 7.89. The Labute approximate surface area is 144 Å². The number of methoxy groups -OCH3 is 1. The normalized spacial score (nSPS) is 10.8. The molecule has 0 atom stereocenters. The summed E-state index contributed by atoms with van der Waals surface area (Å²) in [4.78, 5) is 23.2. The molecular formula is C18H19N3O2S. The Morgan fingerprint density at radius 1 is 1.21 bits per heavy atom. The molecule has 6 heteroatoms. The van der Waals surface area contributed by atoms with Crippen molar-refractivity contribution in [2.24, 2.45) is 0 Å². The molecule has 24 heavy (non-hydrogen) atoms. The van der Waals surface area contributed by atoms with Crippen LogP contribution in [0.2, 0.25) is 0 Å². The molecule has 0 bridgehead atoms. The summed E-state index contributed by atoms with van der Waals surface area (Å²) in [6, 6.07) is 9.34. The number of rotatable bonds is 5. The number of aryl methyl sites for hydroxylation is 2. The number of esters is 1. The molecule has 0 aliphatic heterocycles. The topological polar surface area (TPSA) is 64.1 Å². The predicted molar refractivity (Wildman–Crippen MR) is 97.2 cm³/mol. The number of hydrogen-bond donors (Lipinski definition) is 1. The molecule has 0 radical (unpaired) electrons. The SMILES string of the molecule is CCc1nc(Nc2cccc(C(=O)OC)c2)c2cc(CC)sc2n1. The summed E-state index contributed by atoms with van der Waals surface area (Å²) in [6.07, 6.45) is 1.74. The third-order valence-electron chi connectivity index (χ3n) is 3.70. The number of carbonyl (C=O) groups is 1. The van der Waals surface area contributed by atoms with Crippen LogP contribution in [0.1, 0.15) is 34.9 Å². The minimum atomic E-state index is -0.357. The van der Waals surface area contributed by atoms with Gasteiger partial charge in [0.05, 0.1) is 18.1 Å². The van der Waals surface area contributed by atoms with Gasteiger partial charge in [0.2, 0.25) is 0 Å². The van der Waals surface area contributed by atoms with Crippen molar-refractivity contribution < 1.29 is 9.53 Å². The van der Waals surface area contributed by atoms with Gasteiger partial charge in [-0.2, -0.15) is 0 Å². The van der Waals surface area contributed by atoms with Gasteiger partial charge in [-0.3, -0.25) is 0 Å². The van der Waals surface area contributed by atoms with Crippen molar-refractivity contribution in [3.63, 3.8) is 0 Å². The molecule has 3 aromatic rings. The molecule has 0 aliphatic rings. The molecule has 0 fully saturated rings. The van der Waals surface area contributed by atoms with Crippen LogP contribution in [-0.2, 0) is 17.6 Å². The average molecular weight is 341 g/mol. The van der Waals surface area contributed by atoms with Crippen LogP contribution < -0.4 is 5.32 Å². The van der Waals surface area contributed by atoms with Gasteiger partial charge in [0.25, 0.3) is 0 Å². The number of anilines is 2. The first-order valence-corrected chi connectivity index (χ1v) is 8.71. The lowest BCUT2D eigenvalue weighted by atomic mass is 10.2. The largest absolute Gasteiger partial charge is 0.465 e. The second kappa shape index (κ2) is 6.97. The van der Waals surface area contributed by atoms with E-state index in [1.54, 1.807) is 23.5 Å². The highest BCUT2D eigenvalue weighted by molar-refractivity contribution is 7.18. The zero-order chi connectivity index (χ0) is 17.1. The van der Waals surface area contributed by atoms with Crippen LogP contribution in [-0.4, -0.2) is 23.0 Å². The first-order chi connectivity index (χ1) is 11.6. The van der Waals surface area contributed by atoms with Crippen molar-refractivity contribution >= 4 is 39.0 Å². The second-order valence-electron chi connectivity index (χ2n) is 5.32. The molecule has 2 heterocycles. The number of aromatic nitrogens is 2. The maximum absolute atomic E-state index is 11.7. The summed E-state index contributed by atoms with van der Waals surface area (Å²) in [5, 5.41) is 4.34. The third kappa shape index (κ3) is 3.23. The lowest BCUT2D eigenvalue weighted by molar-refractivity contribution is 0.0601. The quantitative estimate of drug-likeness (QED) is 0.699. The molecular weight excluding hydrogens is 322 g/mol. The number of thiophene rings is 1. The van der Waals surface area contributed by atoms with Gasteiger partial charge in [-0.1, -0.05) is 19.9 Å². The molecule has 5 nitrogen and oxygen atoms in total. The Morgan fingerprint density at radius 2 is 2.04 bits per heavy atom. The summed E-state index contributed by atoms with van der Waals surface area (Å²) in [5.41, 5.74) is 1.30. The maximum Gasteiger partial charge on any atom is 0.337 e. The van der Waals surface area contributed by atoms with Crippen molar-refractivity contribution in [3.05, 3.63) is 46.6 Å². The fourth-order valence-corrected chi connectivity index (χ4v) is 3.41. The number of carbonyl (C=O) groups excluding carboxylic acids is 1. The van der Waals surface area contributed by atoms with Gasteiger partial charge in [0.1, 0.15) is 16.5 Å². The molecule has 1 aromatic carbocycles. The maximum atomic E-state index is 11.7. The molecule has 2 aromatic heterocycles. The molecule has 124 valence electrons. The van der Waals surface area contributed by atoms with Crippen LogP contribution in [0.3, 0.4) is 0 Å². The average Bonchev–Trinajstić information content (AvgIpc) is 3.04. The van der Waals surface area contributed by atoms with Gasteiger partial charge in [0.15, 0.2) is 0 Å². The molecule has 0 saturated heterocycles. The van der Waals surface area contributed by atoms with Crippen LogP contribution in [0.15, 0.2) is 30.3 Å². The van der Waals surface area contributed by atoms with Crippen LogP contribution >= 0.6 is 11.3 Å². The highest BCUT2D eigenvalue weighted by Crippen LogP contribution is 2.31. The van der Waals surface area contributed by atoms with Crippen molar-refractivity contribution in [2.45, 2.75) is 26.7 Å². The highest BCUT2D eigenvalue weighted by atomic mass is 32.1. The summed E-state index contributed by atoms with van der Waals surface area (Å²) in [6.45, 7) is 4.17. The summed E-state index contributed by atoms with van der Waals surface area (Å²) >= 11 is 1.70. The minimum Gasteiger partial charge on any atom is -0.465 e. The summed E-state index contributed by atoms with van der Waals surface area (Å²) in [5.74, 6) is 1.22. The van der Waals surface area contributed by atoms with Gasteiger partial charge >= 0.3 is 5.97 Å². The van der Waals surface area contributed by atoms with Gasteiger partial charge in [-0.25, -0.2) is 14.8 Å². The zero-order valence-electron chi connectivity index (χ0n) is 13.9. The molecule has 0 unspecified atom stereocenters. The number of hydrogen-bond acceptors (Lipinski definition) is 6. The zero-order valence-corrected chi connectivity index (χ0v) is 14.7. The smallest absolute Gasteiger partial charge is 0.337 e. The predicted octanol–water partition coefficient (Wildman–Crippen LogP) is 4.35. The van der Waals surface area contributed by atoms with E-state index in [1.165, 1.54) is 12.0 Å². The fourth-order valence-electron chi connectivity index (χ4n) is 2.42. The van der Waals surface area contributed by atoms with Crippen molar-refractivity contribution in [3.8, 4) is 0 Å². The van der Waals surface area contributed by atoms with Gasteiger partial charge in [0, 0.05) is 17.0 Å². The van der Waals surface area contributed by atoms with E-state index in [-0.39, 0.29) is 5.97 Å². The Hall–Kier alpha value is -2.47. The standard InChI is InChI=1S/C18H19N3O2S/c1-4-13-10-14-16(20-15(5-2)21-17(14)24-13)19-12-8-6-7-11(9-12)18(22)23-3/h6-10H,4-5H2,1-3H3,(H,19,20,21). The number of ether oxygens (including phenoxy) is 1. The van der Waals surface area contributed by atoms with E-state index in [9.17, 15) is 4.79 Å². The van der Waals surface area contributed by atoms with Gasteiger partial charge in [-0.05, 0) is 30.7 Å². The van der Waals surface area contributed by atoms with E-state index in [4.69, 9.17) is 4.74 Å².